The van der Waals surface area contributed by atoms with E-state index in [0.29, 0.717) is 6.04 Å². The van der Waals surface area contributed by atoms with Crippen molar-refractivity contribution < 1.29 is 0 Å². The molecule has 0 saturated heterocycles. The molecule has 0 unspecified atom stereocenters. The molecule has 1 N–H and O–H groups in total. The average molecular weight is 310 g/mol. The third kappa shape index (κ3) is 3.35. The van der Waals surface area contributed by atoms with Crippen molar-refractivity contribution in [3.8, 4) is 9.88 Å². The fraction of sp³-hybridized carbons (Fsp3) is 0.643. The molecule has 0 bridgehead atoms. The number of thiazole rings is 1. The van der Waals surface area contributed by atoms with Crippen LogP contribution in [0.4, 0.5) is 5.13 Å². The maximum atomic E-state index is 4.78. The lowest BCUT2D eigenvalue weighted by Crippen LogP contribution is -2.13. The molecule has 20 heavy (non-hydrogen) atoms. The van der Waals surface area contributed by atoms with Gasteiger partial charge in [-0.3, -0.25) is 0 Å². The monoisotopic (exact) mass is 310 g/mol. The zero-order valence-electron chi connectivity index (χ0n) is 12.9. The second kappa shape index (κ2) is 5.77. The third-order valence-electron chi connectivity index (χ3n) is 2.72. The Labute approximate surface area is 128 Å². The average Bonchev–Trinajstić information content (AvgIpc) is 2.92. The molecule has 0 aliphatic rings. The lowest BCUT2D eigenvalue weighted by molar-refractivity contribution is 0.572. The normalized spacial score (nSPS) is 12.2. The first-order valence-electron chi connectivity index (χ1n) is 6.91. The van der Waals surface area contributed by atoms with E-state index in [2.05, 4.69) is 57.1 Å². The van der Waals surface area contributed by atoms with Gasteiger partial charge < -0.3 is 5.32 Å². The molecular formula is C14H22N4S2. The van der Waals surface area contributed by atoms with Crippen LogP contribution in [0.3, 0.4) is 0 Å². The van der Waals surface area contributed by atoms with Crippen LogP contribution in [0, 0.1) is 0 Å². The summed E-state index contributed by atoms with van der Waals surface area (Å²) < 4.78 is 0. The van der Waals surface area contributed by atoms with Gasteiger partial charge in [-0.1, -0.05) is 39.0 Å². The van der Waals surface area contributed by atoms with Gasteiger partial charge in [-0.05, 0) is 20.3 Å². The Morgan fingerprint density at radius 3 is 2.40 bits per heavy atom. The summed E-state index contributed by atoms with van der Waals surface area (Å²) in [6, 6.07) is 0.366. The van der Waals surface area contributed by atoms with Gasteiger partial charge in [0.15, 0.2) is 5.01 Å². The first-order chi connectivity index (χ1) is 9.31. The molecule has 4 nitrogen and oxygen atoms in total. The molecule has 110 valence electrons. The number of nitrogens with zero attached hydrogens (tertiary/aromatic N) is 3. The smallest absolute Gasteiger partial charge is 0.206 e. The second-order valence-corrected chi connectivity index (χ2v) is 8.16. The zero-order chi connectivity index (χ0) is 14.9. The van der Waals surface area contributed by atoms with Gasteiger partial charge in [0.1, 0.15) is 0 Å². The Hall–Kier alpha value is -1.01. The summed E-state index contributed by atoms with van der Waals surface area (Å²) in [7, 11) is 0. The number of anilines is 1. The van der Waals surface area contributed by atoms with Gasteiger partial charge in [0, 0.05) is 11.5 Å². The summed E-state index contributed by atoms with van der Waals surface area (Å²) in [6.45, 7) is 12.9. The molecule has 2 rings (SSSR count). The van der Waals surface area contributed by atoms with E-state index in [-0.39, 0.29) is 5.41 Å². The fourth-order valence-corrected chi connectivity index (χ4v) is 3.96. The lowest BCUT2D eigenvalue weighted by atomic mass is 9.91. The topological polar surface area (TPSA) is 50.7 Å². The number of aryl methyl sites for hydroxylation is 1. The molecule has 2 heterocycles. The summed E-state index contributed by atoms with van der Waals surface area (Å²) in [5.74, 6) is 0. The molecule has 0 aliphatic carbocycles. The van der Waals surface area contributed by atoms with Crippen molar-refractivity contribution >= 4 is 27.8 Å². The number of hydrogen-bond donors (Lipinski definition) is 1. The summed E-state index contributed by atoms with van der Waals surface area (Å²) >= 11 is 3.35. The summed E-state index contributed by atoms with van der Waals surface area (Å²) in [4.78, 5) is 5.95. The fourth-order valence-electron chi connectivity index (χ4n) is 1.79. The number of rotatable bonds is 4. The molecule has 0 spiro atoms. The van der Waals surface area contributed by atoms with Gasteiger partial charge in [0.25, 0.3) is 0 Å². The minimum atomic E-state index is 0.0244. The summed E-state index contributed by atoms with van der Waals surface area (Å²) in [5, 5.41) is 14.9. The molecule has 2 aromatic heterocycles. The summed E-state index contributed by atoms with van der Waals surface area (Å²) in [6.07, 6.45) is 0.962. The van der Waals surface area contributed by atoms with Crippen LogP contribution in [-0.2, 0) is 11.8 Å². The van der Waals surface area contributed by atoms with Crippen LogP contribution in [0.25, 0.3) is 9.88 Å². The van der Waals surface area contributed by atoms with Gasteiger partial charge in [-0.2, -0.15) is 0 Å². The van der Waals surface area contributed by atoms with Gasteiger partial charge in [-0.15, -0.1) is 21.5 Å². The maximum absolute atomic E-state index is 4.78. The molecule has 0 fully saturated rings. The predicted molar refractivity (Wildman–Crippen MR) is 87.9 cm³/mol. The SMILES string of the molecule is CCc1nc(C(C)(C)C)c(-c2nnc(NC(C)C)s2)s1. The number of nitrogens with one attached hydrogen (secondary N) is 1. The van der Waals surface area contributed by atoms with E-state index in [1.54, 1.807) is 22.7 Å². The highest BCUT2D eigenvalue weighted by Gasteiger charge is 2.25. The summed E-state index contributed by atoms with van der Waals surface area (Å²) in [5.41, 5.74) is 1.16. The second-order valence-electron chi connectivity index (χ2n) is 6.10. The molecule has 0 aromatic carbocycles. The zero-order valence-corrected chi connectivity index (χ0v) is 14.6. The van der Waals surface area contributed by atoms with Crippen LogP contribution in [0.15, 0.2) is 0 Å². The Bertz CT molecular complexity index is 578. The number of hydrogen-bond acceptors (Lipinski definition) is 6. The first-order valence-corrected chi connectivity index (χ1v) is 8.55. The largest absolute Gasteiger partial charge is 0.358 e. The molecule has 0 atom stereocenters. The third-order valence-corrected chi connectivity index (χ3v) is 4.92. The maximum Gasteiger partial charge on any atom is 0.206 e. The Balaban J connectivity index is 2.41. The molecular weight excluding hydrogens is 288 g/mol. The van der Waals surface area contributed by atoms with E-state index < -0.39 is 0 Å². The van der Waals surface area contributed by atoms with E-state index in [1.165, 1.54) is 9.88 Å². The van der Waals surface area contributed by atoms with Crippen LogP contribution in [0.5, 0.6) is 0 Å². The van der Waals surface area contributed by atoms with Crippen molar-refractivity contribution in [2.45, 2.75) is 59.4 Å². The Morgan fingerprint density at radius 1 is 1.15 bits per heavy atom. The van der Waals surface area contributed by atoms with Gasteiger partial charge in [-0.25, -0.2) is 4.98 Å². The minimum absolute atomic E-state index is 0.0244. The molecule has 2 aromatic rings. The minimum Gasteiger partial charge on any atom is -0.358 e. The van der Waals surface area contributed by atoms with E-state index in [1.807, 2.05) is 0 Å². The van der Waals surface area contributed by atoms with Gasteiger partial charge in [0.2, 0.25) is 5.13 Å². The molecule has 6 heteroatoms. The van der Waals surface area contributed by atoms with Crippen LogP contribution >= 0.6 is 22.7 Å². The standard InChI is InChI=1S/C14H22N4S2/c1-7-9-16-11(14(4,5)6)10(19-9)12-17-18-13(20-12)15-8(2)3/h8H,7H2,1-6H3,(H,15,18). The molecule has 0 saturated carbocycles. The molecule has 0 amide bonds. The van der Waals surface area contributed by atoms with Crippen molar-refractivity contribution in [3.63, 3.8) is 0 Å². The Morgan fingerprint density at radius 2 is 1.85 bits per heavy atom. The quantitative estimate of drug-likeness (QED) is 0.912. The van der Waals surface area contributed by atoms with Crippen molar-refractivity contribution in [1.29, 1.82) is 0 Å². The highest BCUT2D eigenvalue weighted by Crippen LogP contribution is 2.39. The lowest BCUT2D eigenvalue weighted by Gasteiger charge is -2.16. The highest BCUT2D eigenvalue weighted by molar-refractivity contribution is 7.23. The van der Waals surface area contributed by atoms with Crippen molar-refractivity contribution in [1.82, 2.24) is 15.2 Å². The van der Waals surface area contributed by atoms with Crippen molar-refractivity contribution in [2.75, 3.05) is 5.32 Å². The van der Waals surface area contributed by atoms with Crippen molar-refractivity contribution in [3.05, 3.63) is 10.7 Å². The molecule has 0 aliphatic heterocycles. The van der Waals surface area contributed by atoms with Gasteiger partial charge >= 0.3 is 0 Å². The van der Waals surface area contributed by atoms with E-state index in [9.17, 15) is 0 Å². The van der Waals surface area contributed by atoms with E-state index in [4.69, 9.17) is 4.98 Å². The van der Waals surface area contributed by atoms with Crippen LogP contribution < -0.4 is 5.32 Å². The van der Waals surface area contributed by atoms with Crippen LogP contribution in [0.1, 0.15) is 52.2 Å². The highest BCUT2D eigenvalue weighted by atomic mass is 32.1. The van der Waals surface area contributed by atoms with Crippen molar-refractivity contribution in [2.24, 2.45) is 0 Å². The van der Waals surface area contributed by atoms with Gasteiger partial charge in [0.05, 0.1) is 15.6 Å². The van der Waals surface area contributed by atoms with Crippen LogP contribution in [0.2, 0.25) is 0 Å². The number of aromatic nitrogens is 3. The first kappa shape index (κ1) is 15.4. The predicted octanol–water partition coefficient (Wildman–Crippen LogP) is 4.34. The van der Waals surface area contributed by atoms with E-state index >= 15 is 0 Å². The van der Waals surface area contributed by atoms with Crippen LogP contribution in [-0.4, -0.2) is 21.2 Å². The van der Waals surface area contributed by atoms with E-state index in [0.717, 1.165) is 22.3 Å². The molecule has 0 radical (unpaired) electrons. The Kier molecular flexibility index (Phi) is 4.44.